The van der Waals surface area contributed by atoms with Gasteiger partial charge in [0, 0.05) is 19.6 Å². The smallest absolute Gasteiger partial charge is 0.191 e. The van der Waals surface area contributed by atoms with Gasteiger partial charge < -0.3 is 15.4 Å². The fraction of sp³-hybridized carbons (Fsp3) is 0.588. The number of rotatable bonds is 8. The first-order valence-electron chi connectivity index (χ1n) is 7.87. The van der Waals surface area contributed by atoms with Crippen LogP contribution in [0.1, 0.15) is 37.8 Å². The van der Waals surface area contributed by atoms with Crippen molar-refractivity contribution in [2.45, 2.75) is 40.0 Å². The minimum Gasteiger partial charge on any atom is -0.496 e. The summed E-state index contributed by atoms with van der Waals surface area (Å²) in [5, 5.41) is 6.65. The molecule has 1 rings (SSSR count). The molecule has 0 radical (unpaired) electrons. The Morgan fingerprint density at radius 2 is 2.05 bits per heavy atom. The van der Waals surface area contributed by atoms with Crippen molar-refractivity contribution in [2.24, 2.45) is 4.99 Å². The normalized spacial score (nSPS) is 11.3. The van der Waals surface area contributed by atoms with Gasteiger partial charge >= 0.3 is 0 Å². The molecule has 0 bridgehead atoms. The molecule has 0 atom stereocenters. The predicted molar refractivity (Wildman–Crippen MR) is 90.3 cm³/mol. The quantitative estimate of drug-likeness (QED) is 0.440. The van der Waals surface area contributed by atoms with Gasteiger partial charge in [-0.25, -0.2) is 0 Å². The maximum absolute atomic E-state index is 5.36. The number of nitrogens with zero attached hydrogens (tertiary/aromatic N) is 1. The van der Waals surface area contributed by atoms with E-state index in [0.717, 1.165) is 44.2 Å². The molecule has 0 aliphatic carbocycles. The van der Waals surface area contributed by atoms with Crippen LogP contribution in [-0.4, -0.2) is 32.7 Å². The van der Waals surface area contributed by atoms with E-state index in [1.54, 1.807) is 7.11 Å². The molecule has 0 aliphatic heterocycles. The van der Waals surface area contributed by atoms with Gasteiger partial charge in [0.15, 0.2) is 5.96 Å². The summed E-state index contributed by atoms with van der Waals surface area (Å²) in [4.78, 5) is 4.55. The van der Waals surface area contributed by atoms with Gasteiger partial charge in [-0.2, -0.15) is 0 Å². The van der Waals surface area contributed by atoms with Crippen LogP contribution in [0.25, 0.3) is 0 Å². The topological polar surface area (TPSA) is 45.7 Å². The maximum atomic E-state index is 5.36. The Balaban J connectivity index is 2.47. The van der Waals surface area contributed by atoms with Crippen molar-refractivity contribution in [3.63, 3.8) is 0 Å². The number of aryl methyl sites for hydroxylation is 1. The van der Waals surface area contributed by atoms with Gasteiger partial charge in [0.2, 0.25) is 0 Å². The van der Waals surface area contributed by atoms with Gasteiger partial charge in [0.25, 0.3) is 0 Å². The fourth-order valence-corrected chi connectivity index (χ4v) is 2.04. The standard InChI is InChI=1S/C17H29N3O/c1-5-7-11-19-17(18-6-2)20-12-10-15-9-8-14(3)16(13-15)21-4/h8-9,13H,5-7,10-12H2,1-4H3,(H2,18,19,20). The zero-order chi connectivity index (χ0) is 15.5. The number of nitrogens with one attached hydrogen (secondary N) is 2. The van der Waals surface area contributed by atoms with Gasteiger partial charge in [-0.05, 0) is 43.9 Å². The highest BCUT2D eigenvalue weighted by atomic mass is 16.5. The van der Waals surface area contributed by atoms with Gasteiger partial charge in [-0.3, -0.25) is 4.99 Å². The summed E-state index contributed by atoms with van der Waals surface area (Å²) < 4.78 is 5.36. The first-order valence-corrected chi connectivity index (χ1v) is 7.87. The molecular formula is C17H29N3O. The lowest BCUT2D eigenvalue weighted by atomic mass is 10.1. The minimum atomic E-state index is 0.865. The number of methoxy groups -OCH3 is 1. The third kappa shape index (κ3) is 6.52. The number of unbranched alkanes of at least 4 members (excludes halogenated alkanes) is 1. The van der Waals surface area contributed by atoms with Crippen molar-refractivity contribution in [2.75, 3.05) is 26.7 Å². The highest BCUT2D eigenvalue weighted by molar-refractivity contribution is 5.79. The molecule has 0 aromatic heterocycles. The third-order valence-corrected chi connectivity index (χ3v) is 3.30. The third-order valence-electron chi connectivity index (χ3n) is 3.30. The van der Waals surface area contributed by atoms with Crippen molar-refractivity contribution in [3.8, 4) is 5.75 Å². The number of hydrogen-bond acceptors (Lipinski definition) is 2. The lowest BCUT2D eigenvalue weighted by Crippen LogP contribution is -2.38. The van der Waals surface area contributed by atoms with Crippen molar-refractivity contribution in [1.29, 1.82) is 0 Å². The highest BCUT2D eigenvalue weighted by Gasteiger charge is 2.01. The Morgan fingerprint density at radius 3 is 2.71 bits per heavy atom. The molecule has 0 aliphatic rings. The lowest BCUT2D eigenvalue weighted by molar-refractivity contribution is 0.411. The molecule has 0 saturated carbocycles. The molecule has 21 heavy (non-hydrogen) atoms. The summed E-state index contributed by atoms with van der Waals surface area (Å²) in [5.74, 6) is 1.86. The van der Waals surface area contributed by atoms with Crippen molar-refractivity contribution >= 4 is 5.96 Å². The Hall–Kier alpha value is -1.71. The van der Waals surface area contributed by atoms with E-state index in [4.69, 9.17) is 4.74 Å². The second kappa shape index (κ2) is 10.1. The monoisotopic (exact) mass is 291 g/mol. The second-order valence-corrected chi connectivity index (χ2v) is 5.09. The van der Waals surface area contributed by atoms with Crippen LogP contribution >= 0.6 is 0 Å². The van der Waals surface area contributed by atoms with E-state index in [-0.39, 0.29) is 0 Å². The zero-order valence-corrected chi connectivity index (χ0v) is 13.8. The number of ether oxygens (including phenoxy) is 1. The molecule has 1 aromatic rings. The Labute approximate surface area is 129 Å². The van der Waals surface area contributed by atoms with Crippen LogP contribution in [0.15, 0.2) is 23.2 Å². The Morgan fingerprint density at radius 1 is 1.24 bits per heavy atom. The van der Waals surface area contributed by atoms with Crippen LogP contribution in [0.3, 0.4) is 0 Å². The predicted octanol–water partition coefficient (Wildman–Crippen LogP) is 2.90. The Bertz CT molecular complexity index is 444. The minimum absolute atomic E-state index is 0.865. The van der Waals surface area contributed by atoms with Gasteiger partial charge in [-0.1, -0.05) is 25.5 Å². The van der Waals surface area contributed by atoms with Gasteiger partial charge in [0.05, 0.1) is 7.11 Å². The molecule has 2 N–H and O–H groups in total. The van der Waals surface area contributed by atoms with Gasteiger partial charge in [0.1, 0.15) is 5.75 Å². The molecule has 0 amide bonds. The first-order chi connectivity index (χ1) is 10.2. The SMILES string of the molecule is CCCCN=C(NCC)NCCc1ccc(C)c(OC)c1. The number of guanidine groups is 1. The molecule has 1 aromatic carbocycles. The van der Waals surface area contributed by atoms with Crippen LogP contribution in [0.5, 0.6) is 5.75 Å². The summed E-state index contributed by atoms with van der Waals surface area (Å²) in [6.07, 6.45) is 3.26. The van der Waals surface area contributed by atoms with E-state index in [1.807, 2.05) is 0 Å². The Kier molecular flexibility index (Phi) is 8.32. The fourth-order valence-electron chi connectivity index (χ4n) is 2.04. The highest BCUT2D eigenvalue weighted by Crippen LogP contribution is 2.18. The molecule has 4 heteroatoms. The van der Waals surface area contributed by atoms with E-state index in [0.29, 0.717) is 0 Å². The average molecular weight is 291 g/mol. The van der Waals surface area contributed by atoms with E-state index in [2.05, 4.69) is 54.6 Å². The zero-order valence-electron chi connectivity index (χ0n) is 13.8. The van der Waals surface area contributed by atoms with E-state index < -0.39 is 0 Å². The number of aliphatic imine (C=N–C) groups is 1. The molecular weight excluding hydrogens is 262 g/mol. The largest absolute Gasteiger partial charge is 0.496 e. The van der Waals surface area contributed by atoms with E-state index in [9.17, 15) is 0 Å². The number of benzene rings is 1. The van der Waals surface area contributed by atoms with Crippen molar-refractivity contribution < 1.29 is 4.74 Å². The van der Waals surface area contributed by atoms with E-state index in [1.165, 1.54) is 17.5 Å². The second-order valence-electron chi connectivity index (χ2n) is 5.09. The van der Waals surface area contributed by atoms with E-state index >= 15 is 0 Å². The summed E-state index contributed by atoms with van der Waals surface area (Å²) in [7, 11) is 1.72. The van der Waals surface area contributed by atoms with Crippen LogP contribution in [-0.2, 0) is 6.42 Å². The average Bonchev–Trinajstić information content (AvgIpc) is 2.49. The first kappa shape index (κ1) is 17.3. The van der Waals surface area contributed by atoms with Crippen LogP contribution < -0.4 is 15.4 Å². The molecule has 0 spiro atoms. The van der Waals surface area contributed by atoms with Crippen molar-refractivity contribution in [3.05, 3.63) is 29.3 Å². The maximum Gasteiger partial charge on any atom is 0.191 e. The summed E-state index contributed by atoms with van der Waals surface area (Å²) in [5.41, 5.74) is 2.44. The van der Waals surface area contributed by atoms with Crippen LogP contribution in [0.2, 0.25) is 0 Å². The van der Waals surface area contributed by atoms with Crippen LogP contribution in [0.4, 0.5) is 0 Å². The number of hydrogen-bond donors (Lipinski definition) is 2. The molecule has 0 heterocycles. The molecule has 118 valence electrons. The summed E-state index contributed by atoms with van der Waals surface area (Å²) >= 11 is 0. The van der Waals surface area contributed by atoms with Crippen LogP contribution in [0, 0.1) is 6.92 Å². The molecule has 0 saturated heterocycles. The molecule has 0 unspecified atom stereocenters. The van der Waals surface area contributed by atoms with Gasteiger partial charge in [-0.15, -0.1) is 0 Å². The lowest BCUT2D eigenvalue weighted by Gasteiger charge is -2.12. The molecule has 0 fully saturated rings. The van der Waals surface area contributed by atoms with Crippen molar-refractivity contribution in [1.82, 2.24) is 10.6 Å². The summed E-state index contributed by atoms with van der Waals surface area (Å²) in [6.45, 7) is 8.96. The molecule has 4 nitrogen and oxygen atoms in total. The summed E-state index contributed by atoms with van der Waals surface area (Å²) in [6, 6.07) is 6.37.